The maximum atomic E-state index is 11.5. The van der Waals surface area contributed by atoms with Gasteiger partial charge in [0.05, 0.1) is 79.3 Å². The Hall–Kier alpha value is -3.94. The van der Waals surface area contributed by atoms with Gasteiger partial charge in [0.15, 0.2) is 0 Å². The summed E-state index contributed by atoms with van der Waals surface area (Å²) in [7, 11) is 0. The summed E-state index contributed by atoms with van der Waals surface area (Å²) in [5.41, 5.74) is 2.42. The highest BCUT2D eigenvalue weighted by Crippen LogP contribution is 2.33. The second kappa shape index (κ2) is 26.5. The molecular formula is C45H64O16. The van der Waals surface area contributed by atoms with E-state index in [-0.39, 0.29) is 120 Å². The van der Waals surface area contributed by atoms with Crippen LogP contribution in [0.2, 0.25) is 0 Å². The molecule has 0 amide bonds. The van der Waals surface area contributed by atoms with Crippen LogP contribution in [0, 0.1) is 0 Å². The molecule has 4 rings (SSSR count). The van der Waals surface area contributed by atoms with Gasteiger partial charge in [-0.25, -0.2) is 9.59 Å². The third-order valence-electron chi connectivity index (χ3n) is 9.35. The molecule has 2 aromatic rings. The molecule has 0 saturated carbocycles. The van der Waals surface area contributed by atoms with Crippen molar-refractivity contribution in [2.45, 2.75) is 69.7 Å². The van der Waals surface area contributed by atoms with Crippen LogP contribution in [0.15, 0.2) is 72.8 Å². The van der Waals surface area contributed by atoms with Gasteiger partial charge < -0.3 is 67.1 Å². The molecule has 0 spiro atoms. The number of aliphatic hydroxyl groups excluding tert-OH is 2. The monoisotopic (exact) mass is 860 g/mol. The highest BCUT2D eigenvalue weighted by atomic mass is 16.6. The summed E-state index contributed by atoms with van der Waals surface area (Å²) in [4.78, 5) is 22.9. The van der Waals surface area contributed by atoms with E-state index in [2.05, 4.69) is 51.3 Å². The molecule has 2 fully saturated rings. The Balaban J connectivity index is 1.16. The maximum absolute atomic E-state index is 11.5. The van der Waals surface area contributed by atoms with Crippen molar-refractivity contribution in [2.24, 2.45) is 0 Å². The number of ether oxygens (including phenoxy) is 12. The van der Waals surface area contributed by atoms with Crippen LogP contribution in [0.3, 0.4) is 0 Å². The van der Waals surface area contributed by atoms with Crippen LogP contribution in [0.1, 0.15) is 38.8 Å². The number of benzene rings is 2. The van der Waals surface area contributed by atoms with Gasteiger partial charge in [-0.05, 0) is 49.2 Å². The molecule has 2 heterocycles. The van der Waals surface area contributed by atoms with Gasteiger partial charge in [0, 0.05) is 16.6 Å². The van der Waals surface area contributed by atoms with E-state index in [1.807, 2.05) is 24.3 Å². The molecule has 6 atom stereocenters. The normalized spacial score (nSPS) is 17.7. The van der Waals surface area contributed by atoms with Crippen LogP contribution in [-0.4, -0.2) is 164 Å². The molecule has 2 saturated heterocycles. The first kappa shape index (κ1) is 49.7. The minimum Gasteiger partial charge on any atom is -0.491 e. The van der Waals surface area contributed by atoms with Crippen molar-refractivity contribution >= 4 is 11.9 Å². The first-order valence-electron chi connectivity index (χ1n) is 20.6. The summed E-state index contributed by atoms with van der Waals surface area (Å²) >= 11 is 0. The molecule has 16 nitrogen and oxygen atoms in total. The van der Waals surface area contributed by atoms with E-state index in [9.17, 15) is 19.8 Å². The molecule has 0 radical (unpaired) electrons. The van der Waals surface area contributed by atoms with Crippen LogP contribution < -0.4 is 9.47 Å². The van der Waals surface area contributed by atoms with Crippen LogP contribution in [-0.2, 0) is 62.4 Å². The minimum absolute atomic E-state index is 0.000873. The Morgan fingerprint density at radius 2 is 0.951 bits per heavy atom. The van der Waals surface area contributed by atoms with Gasteiger partial charge in [0.1, 0.15) is 74.6 Å². The molecule has 2 aromatic carbocycles. The van der Waals surface area contributed by atoms with Crippen molar-refractivity contribution in [1.29, 1.82) is 0 Å². The smallest absolute Gasteiger partial charge is 0.333 e. The highest BCUT2D eigenvalue weighted by Gasteiger charge is 2.27. The fraction of sp³-hybridized carbons (Fsp3) is 0.600. The van der Waals surface area contributed by atoms with Gasteiger partial charge in [-0.2, -0.15) is 0 Å². The number of carbonyl (C=O) groups is 2. The van der Waals surface area contributed by atoms with Crippen molar-refractivity contribution in [3.8, 4) is 11.5 Å². The molecular weight excluding hydrogens is 796 g/mol. The predicted molar refractivity (Wildman–Crippen MR) is 222 cm³/mol. The van der Waals surface area contributed by atoms with E-state index in [0.29, 0.717) is 37.9 Å². The van der Waals surface area contributed by atoms with Crippen LogP contribution in [0.4, 0.5) is 0 Å². The zero-order valence-electron chi connectivity index (χ0n) is 35.9. The standard InChI is InChI=1S/C45H64O16/c1-31(2)43(48)60-21-35(46)19-50-15-17-52-23-39(56-27-41-29-58-41)25-54-37-11-7-33(8-12-37)45(5,6)34-9-13-38(14-10-34)55-26-40(57-28-42-30-59-42)24-53-18-16-51-20-36(47)22-61-44(49)32(3)4/h7-14,35-36,39-42,46-47H,1,3,15-30H2,2,4-6H3. The molecule has 0 aromatic heterocycles. The predicted octanol–water partition coefficient (Wildman–Crippen LogP) is 3.36. The van der Waals surface area contributed by atoms with Crippen LogP contribution in [0.25, 0.3) is 0 Å². The van der Waals surface area contributed by atoms with E-state index in [1.165, 1.54) is 13.8 Å². The van der Waals surface area contributed by atoms with Crippen molar-refractivity contribution < 1.29 is 76.6 Å². The second-order valence-electron chi connectivity index (χ2n) is 15.5. The van der Waals surface area contributed by atoms with Gasteiger partial charge in [0.25, 0.3) is 0 Å². The van der Waals surface area contributed by atoms with Gasteiger partial charge in [0.2, 0.25) is 0 Å². The first-order valence-corrected chi connectivity index (χ1v) is 20.6. The van der Waals surface area contributed by atoms with E-state index in [1.54, 1.807) is 0 Å². The summed E-state index contributed by atoms with van der Waals surface area (Å²) in [6.45, 7) is 18.4. The van der Waals surface area contributed by atoms with Crippen molar-refractivity contribution in [2.75, 3.05) is 106 Å². The Kier molecular flexibility index (Phi) is 21.6. The first-order chi connectivity index (χ1) is 29.3. The van der Waals surface area contributed by atoms with Gasteiger partial charge in [-0.1, -0.05) is 51.3 Å². The summed E-state index contributed by atoms with van der Waals surface area (Å²) in [5.74, 6) is 0.279. The Bertz CT molecular complexity index is 1490. The van der Waals surface area contributed by atoms with Crippen molar-refractivity contribution in [1.82, 2.24) is 0 Å². The van der Waals surface area contributed by atoms with Crippen molar-refractivity contribution in [3.63, 3.8) is 0 Å². The summed E-state index contributed by atoms with van der Waals surface area (Å²) in [6.07, 6.45) is -2.39. The van der Waals surface area contributed by atoms with Gasteiger partial charge in [-0.3, -0.25) is 0 Å². The van der Waals surface area contributed by atoms with Crippen LogP contribution >= 0.6 is 0 Å². The molecule has 340 valence electrons. The lowest BCUT2D eigenvalue weighted by molar-refractivity contribution is -0.144. The Morgan fingerprint density at radius 1 is 0.607 bits per heavy atom. The molecule has 6 unspecified atom stereocenters. The topological polar surface area (TPSA) is 192 Å². The summed E-state index contributed by atoms with van der Waals surface area (Å²) < 4.78 is 67.0. The number of rotatable bonds is 34. The van der Waals surface area contributed by atoms with Crippen LogP contribution in [0.5, 0.6) is 11.5 Å². The summed E-state index contributed by atoms with van der Waals surface area (Å²) in [5, 5.41) is 19.9. The summed E-state index contributed by atoms with van der Waals surface area (Å²) in [6, 6.07) is 16.0. The lowest BCUT2D eigenvalue weighted by Crippen LogP contribution is -2.30. The molecule has 2 aliphatic heterocycles. The fourth-order valence-corrected chi connectivity index (χ4v) is 5.38. The lowest BCUT2D eigenvalue weighted by Gasteiger charge is -2.27. The Morgan fingerprint density at radius 3 is 1.28 bits per heavy atom. The van der Waals surface area contributed by atoms with E-state index in [4.69, 9.17) is 56.8 Å². The average molecular weight is 861 g/mol. The largest absolute Gasteiger partial charge is 0.491 e. The molecule has 2 N–H and O–H groups in total. The lowest BCUT2D eigenvalue weighted by atomic mass is 9.78. The minimum atomic E-state index is -0.947. The second-order valence-corrected chi connectivity index (χ2v) is 15.5. The average Bonchev–Trinajstić information content (AvgIpc) is 4.20. The quantitative estimate of drug-likeness (QED) is 0.0450. The zero-order chi connectivity index (χ0) is 44.0. The molecule has 0 bridgehead atoms. The maximum Gasteiger partial charge on any atom is 0.333 e. The number of hydrogen-bond donors (Lipinski definition) is 2. The fourth-order valence-electron chi connectivity index (χ4n) is 5.38. The Labute approximate surface area is 358 Å². The molecule has 16 heteroatoms. The molecule has 0 aliphatic carbocycles. The van der Waals surface area contributed by atoms with E-state index < -0.39 is 24.1 Å². The molecule has 2 aliphatic rings. The van der Waals surface area contributed by atoms with Gasteiger partial charge >= 0.3 is 11.9 Å². The van der Waals surface area contributed by atoms with Gasteiger partial charge in [-0.15, -0.1) is 0 Å². The zero-order valence-corrected chi connectivity index (χ0v) is 35.9. The number of hydrogen-bond acceptors (Lipinski definition) is 16. The van der Waals surface area contributed by atoms with Crippen molar-refractivity contribution in [3.05, 3.63) is 84.0 Å². The third-order valence-corrected chi connectivity index (χ3v) is 9.35. The number of esters is 2. The van der Waals surface area contributed by atoms with E-state index in [0.717, 1.165) is 11.1 Å². The number of aliphatic hydroxyl groups is 2. The number of carbonyl (C=O) groups excluding carboxylic acids is 2. The third kappa shape index (κ3) is 20.2. The highest BCUT2D eigenvalue weighted by molar-refractivity contribution is 5.87. The molecule has 61 heavy (non-hydrogen) atoms. The number of epoxide rings is 2. The SMILES string of the molecule is C=C(C)C(=O)OCC(O)COCCOCC(COc1ccc(C(C)(C)c2ccc(OCC(COCCOCC(O)COC(=O)C(=C)C)OCC3CO3)cc2)cc1)OCC1CO1. The van der Waals surface area contributed by atoms with E-state index >= 15 is 0 Å².